The van der Waals surface area contributed by atoms with Crippen molar-refractivity contribution in [3.63, 3.8) is 0 Å². The van der Waals surface area contributed by atoms with Crippen LogP contribution in [0.5, 0.6) is 0 Å². The van der Waals surface area contributed by atoms with Gasteiger partial charge in [0, 0.05) is 24.5 Å². The van der Waals surface area contributed by atoms with Gasteiger partial charge in [-0.25, -0.2) is 0 Å². The van der Waals surface area contributed by atoms with Crippen LogP contribution in [0.2, 0.25) is 0 Å². The van der Waals surface area contributed by atoms with Crippen molar-refractivity contribution in [2.45, 2.75) is 69.7 Å². The third-order valence-electron chi connectivity index (χ3n) is 3.45. The first kappa shape index (κ1) is 16.8. The van der Waals surface area contributed by atoms with Crippen molar-refractivity contribution in [2.24, 2.45) is 0 Å². The van der Waals surface area contributed by atoms with Gasteiger partial charge in [0.1, 0.15) is 5.54 Å². The molecule has 0 aromatic rings. The fourth-order valence-corrected chi connectivity index (χ4v) is 3.70. The van der Waals surface area contributed by atoms with Gasteiger partial charge in [0.05, 0.1) is 6.07 Å². The Morgan fingerprint density at radius 2 is 2.05 bits per heavy atom. The molecule has 3 nitrogen and oxygen atoms in total. The fraction of sp³-hybridized carbons (Fsp3) is 0.933. The summed E-state index contributed by atoms with van der Waals surface area (Å²) in [6.07, 6.45) is 5.68. The SMILES string of the molecule is CC(C)NC(C)(C#N)CCCCSC1CCOCC1. The number of rotatable bonds is 8. The Labute approximate surface area is 122 Å². The van der Waals surface area contributed by atoms with Gasteiger partial charge in [0.2, 0.25) is 0 Å². The Kier molecular flexibility index (Phi) is 7.82. The molecular weight excluding hydrogens is 256 g/mol. The average molecular weight is 284 g/mol. The summed E-state index contributed by atoms with van der Waals surface area (Å²) < 4.78 is 5.37. The van der Waals surface area contributed by atoms with Gasteiger partial charge < -0.3 is 4.74 Å². The molecule has 0 amide bonds. The average Bonchev–Trinajstić information content (AvgIpc) is 2.39. The van der Waals surface area contributed by atoms with Crippen molar-refractivity contribution in [3.05, 3.63) is 0 Å². The van der Waals surface area contributed by atoms with E-state index in [0.717, 1.165) is 31.3 Å². The van der Waals surface area contributed by atoms with Gasteiger partial charge in [-0.2, -0.15) is 17.0 Å². The summed E-state index contributed by atoms with van der Waals surface area (Å²) in [6.45, 7) is 8.07. The fourth-order valence-electron chi connectivity index (χ4n) is 2.47. The van der Waals surface area contributed by atoms with Crippen LogP contribution in [0, 0.1) is 11.3 Å². The standard InChI is InChI=1S/C15H28N2OS/c1-13(2)17-15(3,12-16)8-4-5-11-19-14-6-9-18-10-7-14/h13-14,17H,4-11H2,1-3H3. The minimum absolute atomic E-state index is 0.362. The van der Waals surface area contributed by atoms with Crippen molar-refractivity contribution >= 4 is 11.8 Å². The summed E-state index contributed by atoms with van der Waals surface area (Å²) in [4.78, 5) is 0. The highest BCUT2D eigenvalue weighted by Crippen LogP contribution is 2.24. The second-order valence-corrected chi connectivity index (χ2v) is 7.29. The number of thioether (sulfide) groups is 1. The van der Waals surface area contributed by atoms with E-state index in [0.29, 0.717) is 6.04 Å². The molecule has 0 aromatic carbocycles. The number of unbranched alkanes of at least 4 members (excludes halogenated alkanes) is 1. The topological polar surface area (TPSA) is 45.0 Å². The quantitative estimate of drug-likeness (QED) is 0.694. The minimum Gasteiger partial charge on any atom is -0.381 e. The molecule has 0 bridgehead atoms. The second kappa shape index (κ2) is 8.84. The number of nitriles is 1. The Morgan fingerprint density at radius 3 is 2.63 bits per heavy atom. The summed E-state index contributed by atoms with van der Waals surface area (Å²) in [5, 5.41) is 13.4. The highest BCUT2D eigenvalue weighted by molar-refractivity contribution is 7.99. The summed E-state index contributed by atoms with van der Waals surface area (Å²) in [6, 6.07) is 2.78. The van der Waals surface area contributed by atoms with E-state index in [1.165, 1.54) is 25.0 Å². The predicted octanol–water partition coefficient (Wildman–Crippen LogP) is 3.35. The summed E-state index contributed by atoms with van der Waals surface area (Å²) in [7, 11) is 0. The Balaban J connectivity index is 2.10. The van der Waals surface area contributed by atoms with Crippen molar-refractivity contribution in [3.8, 4) is 6.07 Å². The highest BCUT2D eigenvalue weighted by atomic mass is 32.2. The van der Waals surface area contributed by atoms with Crippen LogP contribution < -0.4 is 5.32 Å². The first-order chi connectivity index (χ1) is 9.06. The van der Waals surface area contributed by atoms with Crippen LogP contribution in [0.4, 0.5) is 0 Å². The molecule has 1 atom stereocenters. The lowest BCUT2D eigenvalue weighted by Crippen LogP contribution is -2.44. The van der Waals surface area contributed by atoms with Gasteiger partial charge in [0.15, 0.2) is 0 Å². The van der Waals surface area contributed by atoms with E-state index < -0.39 is 0 Å². The van der Waals surface area contributed by atoms with E-state index in [1.807, 2.05) is 6.92 Å². The molecule has 0 aliphatic carbocycles. The van der Waals surface area contributed by atoms with Crippen LogP contribution in [0.3, 0.4) is 0 Å². The third kappa shape index (κ3) is 7.20. The maximum absolute atomic E-state index is 9.26. The molecular formula is C15H28N2OS. The van der Waals surface area contributed by atoms with E-state index in [-0.39, 0.29) is 5.54 Å². The van der Waals surface area contributed by atoms with E-state index in [2.05, 4.69) is 37.0 Å². The smallest absolute Gasteiger partial charge is 0.104 e. The van der Waals surface area contributed by atoms with Gasteiger partial charge in [-0.05, 0) is 58.6 Å². The lowest BCUT2D eigenvalue weighted by molar-refractivity contribution is 0.100. The van der Waals surface area contributed by atoms with Gasteiger partial charge in [-0.15, -0.1) is 0 Å². The van der Waals surface area contributed by atoms with E-state index in [4.69, 9.17) is 4.74 Å². The van der Waals surface area contributed by atoms with Crippen LogP contribution in [-0.2, 0) is 4.74 Å². The molecule has 1 saturated heterocycles. The summed E-state index contributed by atoms with van der Waals surface area (Å²) >= 11 is 2.09. The molecule has 1 N–H and O–H groups in total. The molecule has 1 unspecified atom stereocenters. The molecule has 1 aliphatic rings. The molecule has 0 saturated carbocycles. The zero-order chi connectivity index (χ0) is 14.1. The van der Waals surface area contributed by atoms with Crippen LogP contribution >= 0.6 is 11.8 Å². The molecule has 1 heterocycles. The zero-order valence-electron chi connectivity index (χ0n) is 12.6. The van der Waals surface area contributed by atoms with Gasteiger partial charge in [-0.1, -0.05) is 0 Å². The second-order valence-electron chi connectivity index (χ2n) is 5.88. The first-order valence-electron chi connectivity index (χ1n) is 7.44. The predicted molar refractivity (Wildman–Crippen MR) is 82.4 cm³/mol. The Morgan fingerprint density at radius 1 is 1.37 bits per heavy atom. The summed E-state index contributed by atoms with van der Waals surface area (Å²) in [5.41, 5.74) is -0.364. The highest BCUT2D eigenvalue weighted by Gasteiger charge is 2.23. The summed E-state index contributed by atoms with van der Waals surface area (Å²) in [5.74, 6) is 1.22. The van der Waals surface area contributed by atoms with Crippen LogP contribution in [0.1, 0.15) is 52.9 Å². The van der Waals surface area contributed by atoms with E-state index in [1.54, 1.807) is 0 Å². The van der Waals surface area contributed by atoms with Crippen molar-refractivity contribution < 1.29 is 4.74 Å². The van der Waals surface area contributed by atoms with Crippen LogP contribution in [0.15, 0.2) is 0 Å². The van der Waals surface area contributed by atoms with Crippen molar-refractivity contribution in [1.82, 2.24) is 5.32 Å². The molecule has 19 heavy (non-hydrogen) atoms. The Bertz CT molecular complexity index is 284. The molecule has 1 fully saturated rings. The van der Waals surface area contributed by atoms with Gasteiger partial charge in [-0.3, -0.25) is 5.32 Å². The normalized spacial score (nSPS) is 20.2. The molecule has 0 aromatic heterocycles. The van der Waals surface area contributed by atoms with Gasteiger partial charge in [0.25, 0.3) is 0 Å². The van der Waals surface area contributed by atoms with E-state index in [9.17, 15) is 5.26 Å². The molecule has 0 spiro atoms. The van der Waals surface area contributed by atoms with Crippen molar-refractivity contribution in [2.75, 3.05) is 19.0 Å². The van der Waals surface area contributed by atoms with Crippen LogP contribution in [0.25, 0.3) is 0 Å². The molecule has 110 valence electrons. The molecule has 1 aliphatic heterocycles. The minimum atomic E-state index is -0.364. The largest absolute Gasteiger partial charge is 0.381 e. The van der Waals surface area contributed by atoms with Crippen molar-refractivity contribution in [1.29, 1.82) is 5.26 Å². The molecule has 0 radical (unpaired) electrons. The monoisotopic (exact) mass is 284 g/mol. The maximum Gasteiger partial charge on any atom is 0.104 e. The van der Waals surface area contributed by atoms with Crippen LogP contribution in [-0.4, -0.2) is 35.8 Å². The number of ether oxygens (including phenoxy) is 1. The molecule has 1 rings (SSSR count). The number of hydrogen-bond acceptors (Lipinski definition) is 4. The number of nitrogens with zero attached hydrogens (tertiary/aromatic N) is 1. The lowest BCUT2D eigenvalue weighted by atomic mass is 9.96. The zero-order valence-corrected chi connectivity index (χ0v) is 13.4. The molecule has 4 heteroatoms. The maximum atomic E-state index is 9.26. The van der Waals surface area contributed by atoms with Gasteiger partial charge >= 0.3 is 0 Å². The number of hydrogen-bond donors (Lipinski definition) is 1. The Hall–Kier alpha value is -0.240. The first-order valence-corrected chi connectivity index (χ1v) is 8.49. The van der Waals surface area contributed by atoms with E-state index >= 15 is 0 Å². The lowest BCUT2D eigenvalue weighted by Gasteiger charge is -2.26. The number of nitrogens with one attached hydrogen (secondary N) is 1. The third-order valence-corrected chi connectivity index (χ3v) is 4.91.